The lowest BCUT2D eigenvalue weighted by Crippen LogP contribution is -2.00. The lowest BCUT2D eigenvalue weighted by molar-refractivity contribution is -0.384. The van der Waals surface area contributed by atoms with Gasteiger partial charge in [-0.25, -0.2) is 0 Å². The summed E-state index contributed by atoms with van der Waals surface area (Å²) in [6.45, 7) is 2.77. The van der Waals surface area contributed by atoms with Gasteiger partial charge in [0.15, 0.2) is 0 Å². The standard InChI is InChI=1S/C17H20N2O2/c1-2-3-5-14-8-10-16(11-9-14)18-13-15-6-4-7-17(12-15)19(20)21/h4,6-12,18H,2-3,5,13H2,1H3. The van der Waals surface area contributed by atoms with Crippen molar-refractivity contribution in [2.45, 2.75) is 32.7 Å². The van der Waals surface area contributed by atoms with E-state index in [0.717, 1.165) is 17.7 Å². The monoisotopic (exact) mass is 284 g/mol. The van der Waals surface area contributed by atoms with E-state index in [0.29, 0.717) is 6.54 Å². The molecule has 2 aromatic carbocycles. The summed E-state index contributed by atoms with van der Waals surface area (Å²) in [6, 6.07) is 15.1. The fraction of sp³-hybridized carbons (Fsp3) is 0.294. The van der Waals surface area contributed by atoms with E-state index in [9.17, 15) is 10.1 Å². The molecule has 0 unspecified atom stereocenters. The van der Waals surface area contributed by atoms with E-state index in [2.05, 4.69) is 36.5 Å². The molecule has 2 rings (SSSR count). The van der Waals surface area contributed by atoms with Crippen LogP contribution in [0.5, 0.6) is 0 Å². The molecule has 0 radical (unpaired) electrons. The summed E-state index contributed by atoms with van der Waals surface area (Å²) in [4.78, 5) is 10.4. The molecule has 4 heteroatoms. The van der Waals surface area contributed by atoms with Crippen LogP contribution in [-0.2, 0) is 13.0 Å². The van der Waals surface area contributed by atoms with Gasteiger partial charge in [0.2, 0.25) is 0 Å². The quantitative estimate of drug-likeness (QED) is 0.599. The molecule has 0 spiro atoms. The van der Waals surface area contributed by atoms with Crippen molar-refractivity contribution in [3.8, 4) is 0 Å². The molecule has 0 fully saturated rings. The molecular formula is C17H20N2O2. The Balaban J connectivity index is 1.93. The van der Waals surface area contributed by atoms with Crippen LogP contribution in [0, 0.1) is 10.1 Å². The predicted octanol–water partition coefficient (Wildman–Crippen LogP) is 4.55. The normalized spacial score (nSPS) is 10.3. The number of rotatable bonds is 7. The van der Waals surface area contributed by atoms with Crippen LogP contribution < -0.4 is 5.32 Å². The maximum Gasteiger partial charge on any atom is 0.269 e. The van der Waals surface area contributed by atoms with Gasteiger partial charge in [0.25, 0.3) is 5.69 Å². The van der Waals surface area contributed by atoms with Crippen LogP contribution in [0.2, 0.25) is 0 Å². The number of nitro groups is 1. The first-order valence-corrected chi connectivity index (χ1v) is 7.25. The average Bonchev–Trinajstić information content (AvgIpc) is 2.52. The van der Waals surface area contributed by atoms with E-state index < -0.39 is 0 Å². The molecule has 0 heterocycles. The minimum Gasteiger partial charge on any atom is -0.381 e. The van der Waals surface area contributed by atoms with Crippen molar-refractivity contribution in [2.75, 3.05) is 5.32 Å². The highest BCUT2D eigenvalue weighted by Crippen LogP contribution is 2.16. The van der Waals surface area contributed by atoms with Gasteiger partial charge in [0.05, 0.1) is 4.92 Å². The van der Waals surface area contributed by atoms with E-state index >= 15 is 0 Å². The number of nitro benzene ring substituents is 1. The summed E-state index contributed by atoms with van der Waals surface area (Å²) in [5, 5.41) is 14.0. The van der Waals surface area contributed by atoms with Gasteiger partial charge >= 0.3 is 0 Å². The Hall–Kier alpha value is -2.36. The molecule has 0 saturated heterocycles. The third-order valence-corrected chi connectivity index (χ3v) is 3.39. The first kappa shape index (κ1) is 15.0. The number of hydrogen-bond acceptors (Lipinski definition) is 3. The lowest BCUT2D eigenvalue weighted by Gasteiger charge is -2.07. The van der Waals surface area contributed by atoms with E-state index in [1.54, 1.807) is 12.1 Å². The summed E-state index contributed by atoms with van der Waals surface area (Å²) in [5.41, 5.74) is 3.41. The molecule has 2 aromatic rings. The summed E-state index contributed by atoms with van der Waals surface area (Å²) in [5.74, 6) is 0. The molecule has 0 bridgehead atoms. The Bertz CT molecular complexity index is 594. The van der Waals surface area contributed by atoms with Gasteiger partial charge in [-0.2, -0.15) is 0 Å². The van der Waals surface area contributed by atoms with Crippen LogP contribution in [0.1, 0.15) is 30.9 Å². The number of benzene rings is 2. The Labute approximate surface area is 125 Å². The van der Waals surface area contributed by atoms with Crippen molar-refractivity contribution in [2.24, 2.45) is 0 Å². The van der Waals surface area contributed by atoms with Crippen molar-refractivity contribution < 1.29 is 4.92 Å². The fourth-order valence-corrected chi connectivity index (χ4v) is 2.15. The molecule has 0 amide bonds. The molecule has 0 atom stereocenters. The van der Waals surface area contributed by atoms with Crippen LogP contribution in [0.25, 0.3) is 0 Å². The van der Waals surface area contributed by atoms with Gasteiger partial charge in [-0.3, -0.25) is 10.1 Å². The van der Waals surface area contributed by atoms with E-state index in [-0.39, 0.29) is 10.6 Å². The Morgan fingerprint density at radius 3 is 2.52 bits per heavy atom. The minimum absolute atomic E-state index is 0.129. The number of anilines is 1. The first-order valence-electron chi connectivity index (χ1n) is 7.25. The van der Waals surface area contributed by atoms with Gasteiger partial charge in [-0.1, -0.05) is 37.6 Å². The van der Waals surface area contributed by atoms with Crippen LogP contribution in [0.4, 0.5) is 11.4 Å². The molecule has 0 aliphatic carbocycles. The highest BCUT2D eigenvalue weighted by atomic mass is 16.6. The molecule has 0 aromatic heterocycles. The molecule has 0 saturated carbocycles. The van der Waals surface area contributed by atoms with Gasteiger partial charge in [0, 0.05) is 24.4 Å². The highest BCUT2D eigenvalue weighted by Gasteiger charge is 2.05. The molecule has 4 nitrogen and oxygen atoms in total. The smallest absolute Gasteiger partial charge is 0.269 e. The molecule has 0 aliphatic rings. The van der Waals surface area contributed by atoms with E-state index in [1.165, 1.54) is 24.5 Å². The van der Waals surface area contributed by atoms with Gasteiger partial charge < -0.3 is 5.32 Å². The second-order valence-corrected chi connectivity index (χ2v) is 5.08. The number of unbranched alkanes of at least 4 members (excludes halogenated alkanes) is 1. The summed E-state index contributed by atoms with van der Waals surface area (Å²) in [7, 11) is 0. The summed E-state index contributed by atoms with van der Waals surface area (Å²) < 4.78 is 0. The Morgan fingerprint density at radius 1 is 1.10 bits per heavy atom. The van der Waals surface area contributed by atoms with Crippen molar-refractivity contribution in [3.05, 3.63) is 69.8 Å². The molecule has 110 valence electrons. The minimum atomic E-state index is -0.369. The van der Waals surface area contributed by atoms with Crippen molar-refractivity contribution in [1.82, 2.24) is 0 Å². The Morgan fingerprint density at radius 2 is 1.86 bits per heavy atom. The van der Waals surface area contributed by atoms with E-state index in [4.69, 9.17) is 0 Å². The third-order valence-electron chi connectivity index (χ3n) is 3.39. The molecule has 0 aliphatic heterocycles. The molecule has 21 heavy (non-hydrogen) atoms. The van der Waals surface area contributed by atoms with Gasteiger partial charge in [0.1, 0.15) is 0 Å². The van der Waals surface area contributed by atoms with Crippen molar-refractivity contribution >= 4 is 11.4 Å². The highest BCUT2D eigenvalue weighted by molar-refractivity contribution is 5.46. The van der Waals surface area contributed by atoms with Crippen LogP contribution in [0.3, 0.4) is 0 Å². The second-order valence-electron chi connectivity index (χ2n) is 5.08. The SMILES string of the molecule is CCCCc1ccc(NCc2cccc([N+](=O)[O-])c2)cc1. The predicted molar refractivity (Wildman–Crippen MR) is 85.5 cm³/mol. The molecular weight excluding hydrogens is 264 g/mol. The average molecular weight is 284 g/mol. The zero-order valence-corrected chi connectivity index (χ0v) is 12.2. The zero-order valence-electron chi connectivity index (χ0n) is 12.2. The first-order chi connectivity index (χ1) is 10.2. The second kappa shape index (κ2) is 7.43. The number of nitrogens with zero attached hydrogens (tertiary/aromatic N) is 1. The number of hydrogen-bond donors (Lipinski definition) is 1. The largest absolute Gasteiger partial charge is 0.381 e. The van der Waals surface area contributed by atoms with Crippen LogP contribution in [0.15, 0.2) is 48.5 Å². The van der Waals surface area contributed by atoms with Gasteiger partial charge in [-0.15, -0.1) is 0 Å². The summed E-state index contributed by atoms with van der Waals surface area (Å²) >= 11 is 0. The zero-order chi connectivity index (χ0) is 15.1. The number of aryl methyl sites for hydroxylation is 1. The molecule has 1 N–H and O–H groups in total. The maximum atomic E-state index is 10.7. The van der Waals surface area contributed by atoms with Crippen molar-refractivity contribution in [1.29, 1.82) is 0 Å². The summed E-state index contributed by atoms with van der Waals surface area (Å²) in [6.07, 6.45) is 3.52. The Kier molecular flexibility index (Phi) is 5.32. The fourth-order valence-electron chi connectivity index (χ4n) is 2.15. The maximum absolute atomic E-state index is 10.7. The number of nitrogens with one attached hydrogen (secondary N) is 1. The van der Waals surface area contributed by atoms with Crippen LogP contribution >= 0.6 is 0 Å². The van der Waals surface area contributed by atoms with Crippen molar-refractivity contribution in [3.63, 3.8) is 0 Å². The van der Waals surface area contributed by atoms with Crippen LogP contribution in [-0.4, -0.2) is 4.92 Å². The number of non-ortho nitro benzene ring substituents is 1. The van der Waals surface area contributed by atoms with E-state index in [1.807, 2.05) is 6.07 Å². The van der Waals surface area contributed by atoms with Gasteiger partial charge in [-0.05, 0) is 36.1 Å². The lowest BCUT2D eigenvalue weighted by atomic mass is 10.1. The topological polar surface area (TPSA) is 55.2 Å². The third kappa shape index (κ3) is 4.60.